The fourth-order valence-electron chi connectivity index (χ4n) is 4.54. The second-order valence-electron chi connectivity index (χ2n) is 9.02. The van der Waals surface area contributed by atoms with Crippen LogP contribution in [0.25, 0.3) is 0 Å². The third-order valence-electron chi connectivity index (χ3n) is 6.43. The number of imidazole rings is 1. The Morgan fingerprint density at radius 1 is 0.722 bits per heavy atom. The van der Waals surface area contributed by atoms with E-state index in [4.69, 9.17) is 18.9 Å². The lowest BCUT2D eigenvalue weighted by molar-refractivity contribution is -0.0898. The SMILES string of the molecule is Cc1nc[nH]c1[C@@H]1O[C@H](COCc2ccccc2)[C@@H](OCc2ccccc2)[C@H]1OCc1ccccc1. The zero-order valence-corrected chi connectivity index (χ0v) is 20.5. The van der Waals surface area contributed by atoms with E-state index in [1.54, 1.807) is 6.33 Å². The van der Waals surface area contributed by atoms with Crippen molar-refractivity contribution in [3.63, 3.8) is 0 Å². The lowest BCUT2D eigenvalue weighted by atomic mass is 10.0. The van der Waals surface area contributed by atoms with E-state index in [-0.39, 0.29) is 24.4 Å². The number of hydrogen-bond acceptors (Lipinski definition) is 5. The number of rotatable bonds is 11. The molecule has 1 aromatic heterocycles. The molecule has 0 radical (unpaired) electrons. The Labute approximate surface area is 212 Å². The number of ether oxygens (including phenoxy) is 4. The van der Waals surface area contributed by atoms with E-state index in [2.05, 4.69) is 46.4 Å². The third kappa shape index (κ3) is 6.09. The summed E-state index contributed by atoms with van der Waals surface area (Å²) in [5.74, 6) is 0. The van der Waals surface area contributed by atoms with Gasteiger partial charge in [0.15, 0.2) is 0 Å². The van der Waals surface area contributed by atoms with Crippen molar-refractivity contribution in [3.8, 4) is 0 Å². The summed E-state index contributed by atoms with van der Waals surface area (Å²) < 4.78 is 25.7. The number of H-pyrrole nitrogens is 1. The van der Waals surface area contributed by atoms with Crippen LogP contribution in [0.15, 0.2) is 97.3 Å². The molecule has 0 aliphatic carbocycles. The number of nitrogens with zero attached hydrogens (tertiary/aromatic N) is 1. The first kappa shape index (κ1) is 24.4. The second-order valence-corrected chi connectivity index (χ2v) is 9.02. The number of benzene rings is 3. The van der Waals surface area contributed by atoms with Gasteiger partial charge in [-0.2, -0.15) is 0 Å². The minimum Gasteiger partial charge on any atom is -0.374 e. The van der Waals surface area contributed by atoms with Gasteiger partial charge in [-0.1, -0.05) is 91.0 Å². The van der Waals surface area contributed by atoms with Gasteiger partial charge in [-0.05, 0) is 23.6 Å². The zero-order valence-electron chi connectivity index (χ0n) is 20.5. The van der Waals surface area contributed by atoms with Gasteiger partial charge in [0.2, 0.25) is 0 Å². The van der Waals surface area contributed by atoms with Gasteiger partial charge >= 0.3 is 0 Å². The Bertz CT molecular complexity index is 1180. The predicted octanol–water partition coefficient (Wildman–Crippen LogP) is 5.55. The van der Waals surface area contributed by atoms with Gasteiger partial charge in [-0.3, -0.25) is 0 Å². The van der Waals surface area contributed by atoms with Crippen LogP contribution in [0.3, 0.4) is 0 Å². The molecule has 0 spiro atoms. The number of aryl methyl sites for hydroxylation is 1. The van der Waals surface area contributed by atoms with Gasteiger partial charge in [0.25, 0.3) is 0 Å². The van der Waals surface area contributed by atoms with Gasteiger partial charge in [0, 0.05) is 0 Å². The van der Waals surface area contributed by atoms with Crippen LogP contribution in [0.4, 0.5) is 0 Å². The first-order valence-corrected chi connectivity index (χ1v) is 12.4. The molecule has 6 heteroatoms. The fourth-order valence-corrected chi connectivity index (χ4v) is 4.54. The highest BCUT2D eigenvalue weighted by molar-refractivity contribution is 5.19. The van der Waals surface area contributed by atoms with Crippen LogP contribution in [0.5, 0.6) is 0 Å². The molecule has 1 aliphatic rings. The minimum atomic E-state index is -0.345. The van der Waals surface area contributed by atoms with Crippen molar-refractivity contribution in [1.82, 2.24) is 9.97 Å². The first-order chi connectivity index (χ1) is 17.8. The molecule has 186 valence electrons. The van der Waals surface area contributed by atoms with Crippen molar-refractivity contribution in [3.05, 3.63) is 125 Å². The van der Waals surface area contributed by atoms with E-state index < -0.39 is 0 Å². The third-order valence-corrected chi connectivity index (χ3v) is 6.43. The molecular weight excluding hydrogens is 452 g/mol. The minimum absolute atomic E-state index is 0.300. The molecule has 4 atom stereocenters. The Morgan fingerprint density at radius 2 is 1.25 bits per heavy atom. The fraction of sp³-hybridized carbons (Fsp3) is 0.300. The summed E-state index contributed by atoms with van der Waals surface area (Å²) in [4.78, 5) is 7.66. The maximum atomic E-state index is 6.58. The Hall–Kier alpha value is -3.29. The van der Waals surface area contributed by atoms with E-state index in [9.17, 15) is 0 Å². The lowest BCUT2D eigenvalue weighted by Gasteiger charge is -2.25. The van der Waals surface area contributed by atoms with Gasteiger partial charge < -0.3 is 23.9 Å². The molecule has 2 heterocycles. The Balaban J connectivity index is 1.36. The van der Waals surface area contributed by atoms with Gasteiger partial charge in [0.05, 0.1) is 44.1 Å². The maximum absolute atomic E-state index is 6.58. The molecule has 3 aromatic carbocycles. The van der Waals surface area contributed by atoms with Crippen molar-refractivity contribution in [2.24, 2.45) is 0 Å². The molecule has 0 bridgehead atoms. The maximum Gasteiger partial charge on any atom is 0.128 e. The molecule has 1 N–H and O–H groups in total. The summed E-state index contributed by atoms with van der Waals surface area (Å²) in [6.45, 7) is 3.80. The molecule has 5 rings (SSSR count). The van der Waals surface area contributed by atoms with Gasteiger partial charge in [0.1, 0.15) is 24.4 Å². The molecular formula is C30H32N2O4. The van der Waals surface area contributed by atoms with Gasteiger partial charge in [-0.25, -0.2) is 4.98 Å². The van der Waals surface area contributed by atoms with E-state index in [1.165, 1.54) is 0 Å². The number of hydrogen-bond donors (Lipinski definition) is 1. The van der Waals surface area contributed by atoms with Crippen LogP contribution in [-0.2, 0) is 38.8 Å². The van der Waals surface area contributed by atoms with Crippen LogP contribution >= 0.6 is 0 Å². The molecule has 0 saturated carbocycles. The highest BCUT2D eigenvalue weighted by Gasteiger charge is 2.48. The molecule has 0 unspecified atom stereocenters. The average molecular weight is 485 g/mol. The molecule has 4 aromatic rings. The highest BCUT2D eigenvalue weighted by Crippen LogP contribution is 2.38. The second kappa shape index (κ2) is 12.1. The molecule has 36 heavy (non-hydrogen) atoms. The monoisotopic (exact) mass is 484 g/mol. The van der Waals surface area contributed by atoms with E-state index in [1.807, 2.05) is 61.5 Å². The van der Waals surface area contributed by atoms with Crippen LogP contribution in [0.1, 0.15) is 34.2 Å². The predicted molar refractivity (Wildman–Crippen MR) is 137 cm³/mol. The summed E-state index contributed by atoms with van der Waals surface area (Å²) in [6, 6.07) is 30.5. The van der Waals surface area contributed by atoms with Crippen molar-refractivity contribution in [2.75, 3.05) is 6.61 Å². The molecule has 1 saturated heterocycles. The van der Waals surface area contributed by atoms with E-state index in [0.717, 1.165) is 28.1 Å². The van der Waals surface area contributed by atoms with Gasteiger partial charge in [-0.15, -0.1) is 0 Å². The lowest BCUT2D eigenvalue weighted by Crippen LogP contribution is -2.38. The van der Waals surface area contributed by atoms with Crippen LogP contribution in [-0.4, -0.2) is 34.9 Å². The van der Waals surface area contributed by atoms with E-state index in [0.29, 0.717) is 26.4 Å². The first-order valence-electron chi connectivity index (χ1n) is 12.4. The average Bonchev–Trinajstić information content (AvgIpc) is 3.50. The molecule has 1 aliphatic heterocycles. The summed E-state index contributed by atoms with van der Waals surface area (Å²) >= 11 is 0. The zero-order chi connectivity index (χ0) is 24.6. The van der Waals surface area contributed by atoms with Crippen molar-refractivity contribution < 1.29 is 18.9 Å². The van der Waals surface area contributed by atoms with Crippen LogP contribution < -0.4 is 0 Å². The molecule has 1 fully saturated rings. The van der Waals surface area contributed by atoms with Crippen molar-refractivity contribution >= 4 is 0 Å². The summed E-state index contributed by atoms with van der Waals surface area (Å²) in [6.07, 6.45) is 0.394. The molecule has 6 nitrogen and oxygen atoms in total. The Morgan fingerprint density at radius 3 is 1.78 bits per heavy atom. The normalized spacial score (nSPS) is 21.6. The molecule has 0 amide bonds. The number of aromatic amines is 1. The topological polar surface area (TPSA) is 65.6 Å². The van der Waals surface area contributed by atoms with Crippen LogP contribution in [0.2, 0.25) is 0 Å². The number of aromatic nitrogens is 2. The summed E-state index contributed by atoms with van der Waals surface area (Å²) in [5, 5.41) is 0. The quantitative estimate of drug-likeness (QED) is 0.303. The standard InChI is InChI=1S/C30H32N2O4/c1-22-27(32-21-31-22)29-30(35-19-25-15-9-4-10-16-25)28(34-18-24-13-7-3-8-14-24)26(36-29)20-33-17-23-11-5-2-6-12-23/h2-16,21,26,28-30H,17-20H2,1H3,(H,31,32)/t26-,28-,29+,30-/m1/s1. The van der Waals surface area contributed by atoms with Crippen LogP contribution in [0, 0.1) is 6.92 Å². The summed E-state index contributed by atoms with van der Waals surface area (Å²) in [5.41, 5.74) is 5.12. The highest BCUT2D eigenvalue weighted by atomic mass is 16.6. The number of nitrogens with one attached hydrogen (secondary N) is 1. The van der Waals surface area contributed by atoms with Crippen molar-refractivity contribution in [2.45, 2.75) is 51.2 Å². The van der Waals surface area contributed by atoms with Crippen molar-refractivity contribution in [1.29, 1.82) is 0 Å². The van der Waals surface area contributed by atoms with E-state index >= 15 is 0 Å². The Kier molecular flexibility index (Phi) is 8.20. The largest absolute Gasteiger partial charge is 0.374 e. The smallest absolute Gasteiger partial charge is 0.128 e. The summed E-state index contributed by atoms with van der Waals surface area (Å²) in [7, 11) is 0.